The number of nitrogens with zero attached hydrogens (tertiary/aromatic N) is 1. The summed E-state index contributed by atoms with van der Waals surface area (Å²) in [7, 11) is 0. The highest BCUT2D eigenvalue weighted by atomic mass is 19.1. The van der Waals surface area contributed by atoms with Gasteiger partial charge in [0.25, 0.3) is 0 Å². The number of benzene rings is 1. The van der Waals surface area contributed by atoms with Gasteiger partial charge in [-0.3, -0.25) is 0 Å². The van der Waals surface area contributed by atoms with Crippen LogP contribution < -0.4 is 10.6 Å². The number of hydrogen-bond acceptors (Lipinski definition) is 2. The molecule has 0 heterocycles. The van der Waals surface area contributed by atoms with Gasteiger partial charge in [-0.1, -0.05) is 0 Å². The van der Waals surface area contributed by atoms with Gasteiger partial charge in [0.1, 0.15) is 5.82 Å². The summed E-state index contributed by atoms with van der Waals surface area (Å²) in [5.74, 6) is -0.213. The molecule has 0 aliphatic carbocycles. The first-order valence-electron chi connectivity index (χ1n) is 4.95. The fourth-order valence-corrected chi connectivity index (χ4v) is 1.52. The summed E-state index contributed by atoms with van der Waals surface area (Å²) < 4.78 is 13.2. The van der Waals surface area contributed by atoms with E-state index < -0.39 is 0 Å². The van der Waals surface area contributed by atoms with E-state index in [1.807, 2.05) is 6.07 Å². The lowest BCUT2D eigenvalue weighted by Crippen LogP contribution is -2.22. The molecule has 0 saturated heterocycles. The van der Waals surface area contributed by atoms with Crippen LogP contribution in [0.1, 0.15) is 19.4 Å². The van der Waals surface area contributed by atoms with Gasteiger partial charge >= 0.3 is 0 Å². The van der Waals surface area contributed by atoms with Crippen LogP contribution in [0.25, 0.3) is 0 Å². The van der Waals surface area contributed by atoms with Crippen LogP contribution in [-0.4, -0.2) is 13.1 Å². The predicted octanol–water partition coefficient (Wildman–Crippen LogP) is 2.13. The Morgan fingerprint density at radius 2 is 1.86 bits per heavy atom. The summed E-state index contributed by atoms with van der Waals surface area (Å²) in [4.78, 5) is 2.10. The molecule has 0 saturated carbocycles. The van der Waals surface area contributed by atoms with Crippen LogP contribution >= 0.6 is 0 Å². The summed E-state index contributed by atoms with van der Waals surface area (Å²) in [6.45, 7) is 6.24. The molecule has 0 unspecified atom stereocenters. The van der Waals surface area contributed by atoms with Gasteiger partial charge in [0.15, 0.2) is 0 Å². The number of halogens is 1. The zero-order valence-corrected chi connectivity index (χ0v) is 8.76. The van der Waals surface area contributed by atoms with Crippen LogP contribution in [0.3, 0.4) is 0 Å². The normalized spacial score (nSPS) is 10.3. The van der Waals surface area contributed by atoms with Crippen molar-refractivity contribution in [1.82, 2.24) is 0 Å². The number of anilines is 1. The van der Waals surface area contributed by atoms with E-state index in [1.54, 1.807) is 6.07 Å². The molecule has 1 rings (SSSR count). The largest absolute Gasteiger partial charge is 0.372 e. The Balaban J connectivity index is 3.01. The van der Waals surface area contributed by atoms with Crippen molar-refractivity contribution < 1.29 is 4.39 Å². The van der Waals surface area contributed by atoms with Crippen LogP contribution in [0, 0.1) is 5.82 Å². The predicted molar refractivity (Wildman–Crippen MR) is 57.9 cm³/mol. The molecule has 0 fully saturated rings. The molecule has 0 aliphatic heterocycles. The van der Waals surface area contributed by atoms with Gasteiger partial charge < -0.3 is 10.6 Å². The molecule has 0 bridgehead atoms. The summed E-state index contributed by atoms with van der Waals surface area (Å²) in [5.41, 5.74) is 7.24. The second-order valence-corrected chi connectivity index (χ2v) is 3.19. The van der Waals surface area contributed by atoms with Gasteiger partial charge in [0, 0.05) is 25.3 Å². The maximum Gasteiger partial charge on any atom is 0.125 e. The van der Waals surface area contributed by atoms with Gasteiger partial charge in [0.05, 0.1) is 0 Å². The molecule has 14 heavy (non-hydrogen) atoms. The second kappa shape index (κ2) is 4.96. The lowest BCUT2D eigenvalue weighted by atomic mass is 10.2. The summed E-state index contributed by atoms with van der Waals surface area (Å²) >= 11 is 0. The smallest absolute Gasteiger partial charge is 0.125 e. The minimum Gasteiger partial charge on any atom is -0.372 e. The zero-order valence-electron chi connectivity index (χ0n) is 8.76. The Hall–Kier alpha value is -1.09. The highest BCUT2D eigenvalue weighted by Gasteiger charge is 2.04. The molecule has 2 N–H and O–H groups in total. The Morgan fingerprint density at radius 1 is 1.21 bits per heavy atom. The molecule has 1 aromatic carbocycles. The van der Waals surface area contributed by atoms with Crippen LogP contribution in [0.4, 0.5) is 10.1 Å². The van der Waals surface area contributed by atoms with Crippen molar-refractivity contribution in [3.8, 4) is 0 Å². The highest BCUT2D eigenvalue weighted by molar-refractivity contribution is 5.48. The van der Waals surface area contributed by atoms with E-state index in [0.717, 1.165) is 24.3 Å². The minimum atomic E-state index is -0.213. The molecular weight excluding hydrogens is 179 g/mol. The van der Waals surface area contributed by atoms with E-state index in [0.29, 0.717) is 6.54 Å². The van der Waals surface area contributed by atoms with Crippen LogP contribution in [0.5, 0.6) is 0 Å². The van der Waals surface area contributed by atoms with Crippen molar-refractivity contribution in [3.63, 3.8) is 0 Å². The van der Waals surface area contributed by atoms with E-state index >= 15 is 0 Å². The third-order valence-corrected chi connectivity index (χ3v) is 2.31. The monoisotopic (exact) mass is 196 g/mol. The molecule has 2 nitrogen and oxygen atoms in total. The van der Waals surface area contributed by atoms with E-state index in [9.17, 15) is 4.39 Å². The molecule has 0 amide bonds. The molecule has 0 aliphatic rings. The summed E-state index contributed by atoms with van der Waals surface area (Å²) in [6.07, 6.45) is 0. The van der Waals surface area contributed by atoms with Crippen molar-refractivity contribution in [2.45, 2.75) is 20.4 Å². The zero-order chi connectivity index (χ0) is 10.6. The van der Waals surface area contributed by atoms with E-state index in [4.69, 9.17) is 5.73 Å². The number of rotatable bonds is 4. The first-order valence-corrected chi connectivity index (χ1v) is 4.95. The third-order valence-electron chi connectivity index (χ3n) is 2.31. The van der Waals surface area contributed by atoms with Crippen molar-refractivity contribution >= 4 is 5.69 Å². The molecule has 0 atom stereocenters. The molecule has 78 valence electrons. The molecular formula is C11H17FN2. The van der Waals surface area contributed by atoms with Crippen LogP contribution in [0.2, 0.25) is 0 Å². The van der Waals surface area contributed by atoms with E-state index in [2.05, 4.69) is 18.7 Å². The van der Waals surface area contributed by atoms with E-state index in [1.165, 1.54) is 6.07 Å². The Morgan fingerprint density at radius 3 is 2.36 bits per heavy atom. The Kier molecular flexibility index (Phi) is 3.89. The molecule has 3 heteroatoms. The van der Waals surface area contributed by atoms with Gasteiger partial charge in [-0.15, -0.1) is 0 Å². The Labute approximate surface area is 84.5 Å². The molecule has 0 radical (unpaired) electrons. The van der Waals surface area contributed by atoms with Crippen molar-refractivity contribution in [2.24, 2.45) is 5.73 Å². The molecule has 1 aromatic rings. The molecule has 0 aromatic heterocycles. The van der Waals surface area contributed by atoms with Gasteiger partial charge in [-0.2, -0.15) is 0 Å². The van der Waals surface area contributed by atoms with Gasteiger partial charge in [-0.05, 0) is 37.6 Å². The lowest BCUT2D eigenvalue weighted by molar-refractivity contribution is 0.624. The number of nitrogens with two attached hydrogens (primary N) is 1. The quantitative estimate of drug-likeness (QED) is 0.799. The third kappa shape index (κ3) is 2.45. The fourth-order valence-electron chi connectivity index (χ4n) is 1.52. The van der Waals surface area contributed by atoms with Crippen molar-refractivity contribution in [1.29, 1.82) is 0 Å². The van der Waals surface area contributed by atoms with Crippen molar-refractivity contribution in [2.75, 3.05) is 18.0 Å². The van der Waals surface area contributed by atoms with E-state index in [-0.39, 0.29) is 5.82 Å². The first-order chi connectivity index (χ1) is 6.71. The SMILES string of the molecule is CCN(CC)c1cc(F)cc(CN)c1. The number of hydrogen-bond donors (Lipinski definition) is 1. The second-order valence-electron chi connectivity index (χ2n) is 3.19. The maximum atomic E-state index is 13.2. The Bertz CT molecular complexity index is 295. The minimum absolute atomic E-state index is 0.213. The fraction of sp³-hybridized carbons (Fsp3) is 0.455. The molecule has 0 spiro atoms. The highest BCUT2D eigenvalue weighted by Crippen LogP contribution is 2.18. The average molecular weight is 196 g/mol. The van der Waals surface area contributed by atoms with Crippen LogP contribution in [-0.2, 0) is 6.54 Å². The lowest BCUT2D eigenvalue weighted by Gasteiger charge is -2.21. The van der Waals surface area contributed by atoms with Gasteiger partial charge in [-0.25, -0.2) is 4.39 Å². The topological polar surface area (TPSA) is 29.3 Å². The summed E-state index contributed by atoms with van der Waals surface area (Å²) in [5, 5.41) is 0. The van der Waals surface area contributed by atoms with Crippen LogP contribution in [0.15, 0.2) is 18.2 Å². The average Bonchev–Trinajstić information content (AvgIpc) is 2.19. The van der Waals surface area contributed by atoms with Crippen molar-refractivity contribution in [3.05, 3.63) is 29.6 Å². The standard InChI is InChI=1S/C11H17FN2/c1-3-14(4-2)11-6-9(8-13)5-10(12)7-11/h5-7H,3-4,8,13H2,1-2H3. The maximum absolute atomic E-state index is 13.2. The van der Waals surface area contributed by atoms with Gasteiger partial charge in [0.2, 0.25) is 0 Å². The first kappa shape index (κ1) is 11.0. The summed E-state index contributed by atoms with van der Waals surface area (Å²) in [6, 6.07) is 4.97.